The van der Waals surface area contributed by atoms with Crippen LogP contribution in [0.3, 0.4) is 0 Å². The lowest BCUT2D eigenvalue weighted by molar-refractivity contribution is 0.573. The molecule has 0 amide bonds. The van der Waals surface area contributed by atoms with Gasteiger partial charge in [0.05, 0.1) is 6.20 Å². The second-order valence-corrected chi connectivity index (χ2v) is 7.05. The van der Waals surface area contributed by atoms with Gasteiger partial charge in [-0.05, 0) is 30.4 Å². The summed E-state index contributed by atoms with van der Waals surface area (Å²) in [7, 11) is 0. The van der Waals surface area contributed by atoms with E-state index in [4.69, 9.17) is 0 Å². The van der Waals surface area contributed by atoms with Crippen LogP contribution in [0.15, 0.2) is 36.9 Å². The van der Waals surface area contributed by atoms with Crippen molar-refractivity contribution in [3.05, 3.63) is 42.9 Å². The molecule has 1 aliphatic carbocycles. The van der Waals surface area contributed by atoms with E-state index in [2.05, 4.69) is 32.2 Å². The molecule has 0 unspecified atom stereocenters. The number of hydrogen-bond donors (Lipinski definition) is 2. The summed E-state index contributed by atoms with van der Waals surface area (Å²) in [5.74, 6) is 0.248. The first kappa shape index (κ1) is 14.4. The zero-order valence-corrected chi connectivity index (χ0v) is 13.8. The summed E-state index contributed by atoms with van der Waals surface area (Å²) >= 11 is 0. The van der Waals surface area contributed by atoms with Crippen LogP contribution >= 0.6 is 0 Å². The average molecular weight is 336 g/mol. The Kier molecular flexibility index (Phi) is 2.89. The quantitative estimate of drug-likeness (QED) is 0.597. The van der Waals surface area contributed by atoms with Crippen molar-refractivity contribution < 1.29 is 4.39 Å². The minimum Gasteiger partial charge on any atom is -0.354 e. The van der Waals surface area contributed by atoms with Crippen LogP contribution < -0.4 is 5.32 Å². The van der Waals surface area contributed by atoms with Crippen molar-refractivity contribution in [1.29, 1.82) is 0 Å². The number of halogens is 1. The number of nitrogens with one attached hydrogen (secondary N) is 2. The summed E-state index contributed by atoms with van der Waals surface area (Å²) in [4.78, 5) is 16.2. The Balaban J connectivity index is 1.51. The van der Waals surface area contributed by atoms with Crippen molar-refractivity contribution in [2.24, 2.45) is 5.41 Å². The zero-order chi connectivity index (χ0) is 17.0. The molecule has 0 radical (unpaired) electrons. The first-order valence-electron chi connectivity index (χ1n) is 8.32. The minimum absolute atomic E-state index is 0.381. The molecule has 0 atom stereocenters. The van der Waals surface area contributed by atoms with Crippen LogP contribution in [0, 0.1) is 11.4 Å². The van der Waals surface area contributed by atoms with E-state index in [0.717, 1.165) is 28.7 Å². The molecule has 4 aromatic heterocycles. The molecule has 126 valence electrons. The lowest BCUT2D eigenvalue weighted by atomic mass is 10.1. The molecule has 0 aliphatic heterocycles. The monoisotopic (exact) mass is 336 g/mol. The number of imidazole rings is 1. The SMILES string of the molecule is CC1(CNc2ncc3c(-c4ccc5ncc(F)n5c4)c[nH]c3n2)CC1. The fourth-order valence-corrected chi connectivity index (χ4v) is 3.02. The summed E-state index contributed by atoms with van der Waals surface area (Å²) in [5, 5.41) is 4.22. The van der Waals surface area contributed by atoms with Crippen LogP contribution in [-0.2, 0) is 0 Å². The fourth-order valence-electron chi connectivity index (χ4n) is 3.02. The fraction of sp³-hybridized carbons (Fsp3) is 0.278. The van der Waals surface area contributed by atoms with Crippen molar-refractivity contribution in [3.8, 4) is 11.1 Å². The Labute approximate surface area is 143 Å². The number of H-pyrrole nitrogens is 1. The summed E-state index contributed by atoms with van der Waals surface area (Å²) in [6, 6.07) is 3.72. The van der Waals surface area contributed by atoms with Gasteiger partial charge in [-0.2, -0.15) is 9.37 Å². The van der Waals surface area contributed by atoms with Crippen molar-refractivity contribution in [2.45, 2.75) is 19.8 Å². The van der Waals surface area contributed by atoms with Crippen LogP contribution in [0.2, 0.25) is 0 Å². The maximum atomic E-state index is 13.8. The molecule has 6 nitrogen and oxygen atoms in total. The van der Waals surface area contributed by atoms with Gasteiger partial charge in [-0.15, -0.1) is 0 Å². The third-order valence-electron chi connectivity index (χ3n) is 4.98. The zero-order valence-electron chi connectivity index (χ0n) is 13.8. The number of aromatic nitrogens is 5. The molecule has 25 heavy (non-hydrogen) atoms. The van der Waals surface area contributed by atoms with E-state index in [1.54, 1.807) is 18.5 Å². The van der Waals surface area contributed by atoms with Gasteiger partial charge in [0.15, 0.2) is 0 Å². The number of nitrogens with zero attached hydrogens (tertiary/aromatic N) is 4. The van der Waals surface area contributed by atoms with Crippen molar-refractivity contribution in [3.63, 3.8) is 0 Å². The van der Waals surface area contributed by atoms with Crippen molar-refractivity contribution in [1.82, 2.24) is 24.3 Å². The standard InChI is InChI=1S/C18H17FN6/c1-18(4-5-18)10-23-17-22-7-13-12(6-21-16(13)24-17)11-2-3-15-20-8-14(19)25(15)9-11/h2-3,6-9H,4-5,10H2,1H3,(H2,21,22,23,24). The van der Waals surface area contributed by atoms with Gasteiger partial charge in [-0.25, -0.2) is 9.97 Å². The first-order chi connectivity index (χ1) is 12.1. The van der Waals surface area contributed by atoms with Gasteiger partial charge in [-0.3, -0.25) is 4.40 Å². The second kappa shape index (κ2) is 5.02. The number of hydrogen-bond acceptors (Lipinski definition) is 4. The van der Waals surface area contributed by atoms with Crippen LogP contribution in [-0.4, -0.2) is 30.9 Å². The van der Waals surface area contributed by atoms with Crippen molar-refractivity contribution >= 4 is 22.6 Å². The lowest BCUT2D eigenvalue weighted by Gasteiger charge is -2.09. The van der Waals surface area contributed by atoms with Crippen LogP contribution in [0.25, 0.3) is 27.8 Å². The summed E-state index contributed by atoms with van der Waals surface area (Å²) in [6.45, 7) is 3.15. The Morgan fingerprint density at radius 2 is 2.16 bits per heavy atom. The molecule has 2 N–H and O–H groups in total. The molecular formula is C18H17FN6. The second-order valence-electron chi connectivity index (χ2n) is 7.05. The third-order valence-corrected chi connectivity index (χ3v) is 4.98. The van der Waals surface area contributed by atoms with Gasteiger partial charge in [0.1, 0.15) is 11.3 Å². The van der Waals surface area contributed by atoms with Crippen molar-refractivity contribution in [2.75, 3.05) is 11.9 Å². The van der Waals surface area contributed by atoms with E-state index in [1.165, 1.54) is 23.4 Å². The number of anilines is 1. The highest BCUT2D eigenvalue weighted by atomic mass is 19.1. The van der Waals surface area contributed by atoms with E-state index in [-0.39, 0.29) is 5.95 Å². The van der Waals surface area contributed by atoms with Crippen LogP contribution in [0.4, 0.5) is 10.3 Å². The summed E-state index contributed by atoms with van der Waals surface area (Å²) in [5.41, 5.74) is 3.55. The predicted octanol–water partition coefficient (Wildman–Crippen LogP) is 3.62. The smallest absolute Gasteiger partial charge is 0.224 e. The predicted molar refractivity (Wildman–Crippen MR) is 93.9 cm³/mol. The van der Waals surface area contributed by atoms with E-state index in [0.29, 0.717) is 17.0 Å². The number of pyridine rings is 1. The highest BCUT2D eigenvalue weighted by Crippen LogP contribution is 2.44. The maximum absolute atomic E-state index is 13.8. The Hall–Kier alpha value is -2.96. The van der Waals surface area contributed by atoms with Gasteiger partial charge in [-0.1, -0.05) is 6.92 Å². The molecule has 4 heterocycles. The number of fused-ring (bicyclic) bond motifs is 2. The van der Waals surface area contributed by atoms with Gasteiger partial charge < -0.3 is 10.3 Å². The molecule has 7 heteroatoms. The summed E-state index contributed by atoms with van der Waals surface area (Å²) in [6.07, 6.45) is 9.14. The normalized spacial score (nSPS) is 15.8. The molecule has 0 saturated heterocycles. The van der Waals surface area contributed by atoms with Crippen LogP contribution in [0.5, 0.6) is 0 Å². The molecule has 0 bridgehead atoms. The maximum Gasteiger partial charge on any atom is 0.224 e. The van der Waals surface area contributed by atoms with Gasteiger partial charge >= 0.3 is 0 Å². The Bertz CT molecular complexity index is 1090. The van der Waals surface area contributed by atoms with Gasteiger partial charge in [0, 0.05) is 41.6 Å². The number of rotatable bonds is 4. The molecular weight excluding hydrogens is 319 g/mol. The molecule has 1 aliphatic rings. The van der Waals surface area contributed by atoms with Gasteiger partial charge in [0.2, 0.25) is 11.9 Å². The van der Waals surface area contributed by atoms with E-state index in [9.17, 15) is 4.39 Å². The van der Waals surface area contributed by atoms with Crippen LogP contribution in [0.1, 0.15) is 19.8 Å². The Morgan fingerprint density at radius 3 is 3.00 bits per heavy atom. The highest BCUT2D eigenvalue weighted by Gasteiger charge is 2.36. The lowest BCUT2D eigenvalue weighted by Crippen LogP contribution is -2.13. The third kappa shape index (κ3) is 2.43. The molecule has 1 saturated carbocycles. The molecule has 0 aromatic carbocycles. The Morgan fingerprint density at radius 1 is 1.28 bits per heavy atom. The molecule has 0 spiro atoms. The first-order valence-corrected chi connectivity index (χ1v) is 8.32. The largest absolute Gasteiger partial charge is 0.354 e. The highest BCUT2D eigenvalue weighted by molar-refractivity contribution is 5.93. The molecule has 5 rings (SSSR count). The van der Waals surface area contributed by atoms with E-state index >= 15 is 0 Å². The minimum atomic E-state index is -0.381. The summed E-state index contributed by atoms with van der Waals surface area (Å²) < 4.78 is 15.2. The number of aromatic amines is 1. The van der Waals surface area contributed by atoms with E-state index in [1.807, 2.05) is 12.3 Å². The van der Waals surface area contributed by atoms with E-state index < -0.39 is 0 Å². The van der Waals surface area contributed by atoms with Gasteiger partial charge in [0.25, 0.3) is 0 Å². The molecule has 1 fully saturated rings. The topological polar surface area (TPSA) is 70.9 Å². The average Bonchev–Trinajstić information content (AvgIpc) is 3.05. The molecule has 4 aromatic rings.